The van der Waals surface area contributed by atoms with Crippen LogP contribution in [0.3, 0.4) is 0 Å². The highest BCUT2D eigenvalue weighted by atomic mass is 16.6. The van der Waals surface area contributed by atoms with Crippen LogP contribution in [0.5, 0.6) is 0 Å². The molecule has 0 aliphatic heterocycles. The number of carbonyl (C=O) groups is 2. The first-order valence-corrected chi connectivity index (χ1v) is 7.53. The van der Waals surface area contributed by atoms with E-state index < -0.39 is 16.6 Å². The summed E-state index contributed by atoms with van der Waals surface area (Å²) < 4.78 is 6.31. The highest BCUT2D eigenvalue weighted by molar-refractivity contribution is 5.77. The van der Waals surface area contributed by atoms with Crippen molar-refractivity contribution in [2.24, 2.45) is 0 Å². The molecule has 0 bridgehead atoms. The number of carbonyl (C=O) groups excluding carboxylic acids is 1. The van der Waals surface area contributed by atoms with Crippen molar-refractivity contribution in [3.63, 3.8) is 0 Å². The molecule has 0 unspecified atom stereocenters. The van der Waals surface area contributed by atoms with Gasteiger partial charge in [0.25, 0.3) is 5.69 Å². The Morgan fingerprint density at radius 2 is 2.08 bits per heavy atom. The van der Waals surface area contributed by atoms with Gasteiger partial charge in [0.1, 0.15) is 0 Å². The van der Waals surface area contributed by atoms with Gasteiger partial charge in [0.05, 0.1) is 22.9 Å². The number of amides is 1. The lowest BCUT2D eigenvalue weighted by atomic mass is 10.2. The van der Waals surface area contributed by atoms with Crippen molar-refractivity contribution in [2.75, 3.05) is 13.6 Å². The number of rotatable bonds is 8. The summed E-state index contributed by atoms with van der Waals surface area (Å²) in [5.41, 5.74) is 0.356. The van der Waals surface area contributed by atoms with E-state index in [2.05, 4.69) is 0 Å². The van der Waals surface area contributed by atoms with Gasteiger partial charge in [-0.2, -0.15) is 0 Å². The predicted octanol–water partition coefficient (Wildman–Crippen LogP) is 1.22. The fraction of sp³-hybridized carbons (Fsp3) is 0.400. The lowest BCUT2D eigenvalue weighted by molar-refractivity contribution is -0.384. The second-order valence-electron chi connectivity index (χ2n) is 5.49. The molecule has 0 saturated heterocycles. The number of nitro benzene ring substituents is 1. The number of carboxylic acid groups (broad SMARTS) is 1. The maximum atomic E-state index is 11.9. The Morgan fingerprint density at radius 3 is 2.72 bits per heavy atom. The molecule has 1 amide bonds. The molecule has 2 rings (SSSR count). The Morgan fingerprint density at radius 1 is 1.36 bits per heavy atom. The summed E-state index contributed by atoms with van der Waals surface area (Å²) in [5.74, 6) is -1.86. The summed E-state index contributed by atoms with van der Waals surface area (Å²) in [5, 5.41) is 19.3. The van der Waals surface area contributed by atoms with Gasteiger partial charge in [-0.05, 0) is 12.5 Å². The van der Waals surface area contributed by atoms with E-state index in [0.717, 1.165) is 0 Å². The van der Waals surface area contributed by atoms with Crippen LogP contribution in [0.2, 0.25) is 0 Å². The van der Waals surface area contributed by atoms with Gasteiger partial charge in [-0.15, -0.1) is 0 Å². The molecule has 1 N–H and O–H groups in total. The number of hydrogen-bond acceptors (Lipinski definition) is 6. The minimum Gasteiger partial charge on any atom is -0.481 e. The van der Waals surface area contributed by atoms with E-state index in [4.69, 9.17) is 9.52 Å². The molecule has 10 nitrogen and oxygen atoms in total. The summed E-state index contributed by atoms with van der Waals surface area (Å²) in [7, 11) is 1.52. The highest BCUT2D eigenvalue weighted by Crippen LogP contribution is 2.20. The van der Waals surface area contributed by atoms with E-state index in [0.29, 0.717) is 11.9 Å². The molecular weight excluding hydrogens is 334 g/mol. The maximum Gasteiger partial charge on any atom is 0.419 e. The first-order valence-electron chi connectivity index (χ1n) is 7.53. The molecule has 0 aliphatic rings. The minimum absolute atomic E-state index is 0.115. The van der Waals surface area contributed by atoms with Crippen LogP contribution in [0.1, 0.15) is 19.3 Å². The van der Waals surface area contributed by atoms with Crippen molar-refractivity contribution in [1.29, 1.82) is 0 Å². The molecule has 0 saturated carbocycles. The number of non-ortho nitro benzene ring substituents is 1. The molecule has 0 aliphatic carbocycles. The standard InChI is InChI=1S/C15H17N3O7/c1-16(8-6-14(20)21)13(19)3-2-7-17-11-5-4-10(18(23)24)9-12(11)25-15(17)22/h4-5,9H,2-3,6-8H2,1H3,(H,20,21). The van der Waals surface area contributed by atoms with Crippen LogP contribution in [0, 0.1) is 10.1 Å². The molecule has 1 aromatic carbocycles. The molecule has 134 valence electrons. The summed E-state index contributed by atoms with van der Waals surface area (Å²) >= 11 is 0. The average molecular weight is 351 g/mol. The Kier molecular flexibility index (Phi) is 5.52. The van der Waals surface area contributed by atoms with Crippen LogP contribution in [0.4, 0.5) is 5.69 Å². The zero-order valence-electron chi connectivity index (χ0n) is 13.5. The SMILES string of the molecule is CN(CCC(=O)O)C(=O)CCCn1c(=O)oc2cc([N+](=O)[O-])ccc21. The Bertz CT molecular complexity index is 868. The topological polar surface area (TPSA) is 136 Å². The van der Waals surface area contributed by atoms with E-state index >= 15 is 0 Å². The Hall–Kier alpha value is -3.17. The fourth-order valence-electron chi connectivity index (χ4n) is 2.35. The van der Waals surface area contributed by atoms with Gasteiger partial charge in [0.15, 0.2) is 5.58 Å². The van der Waals surface area contributed by atoms with Crippen molar-refractivity contribution in [3.8, 4) is 0 Å². The highest BCUT2D eigenvalue weighted by Gasteiger charge is 2.15. The lowest BCUT2D eigenvalue weighted by Gasteiger charge is -2.15. The molecule has 10 heteroatoms. The van der Waals surface area contributed by atoms with Crippen LogP contribution in [0.25, 0.3) is 11.1 Å². The predicted molar refractivity (Wildman–Crippen MR) is 86.3 cm³/mol. The third-order valence-electron chi connectivity index (χ3n) is 3.72. The van der Waals surface area contributed by atoms with Crippen molar-refractivity contribution in [3.05, 3.63) is 38.9 Å². The zero-order chi connectivity index (χ0) is 18.6. The second-order valence-corrected chi connectivity index (χ2v) is 5.49. The number of fused-ring (bicyclic) bond motifs is 1. The van der Waals surface area contributed by atoms with Crippen molar-refractivity contribution >= 4 is 28.7 Å². The Balaban J connectivity index is 2.00. The van der Waals surface area contributed by atoms with Crippen LogP contribution in [0.15, 0.2) is 27.4 Å². The average Bonchev–Trinajstić information content (AvgIpc) is 2.87. The second kappa shape index (κ2) is 7.60. The number of benzene rings is 1. The normalized spacial score (nSPS) is 10.8. The van der Waals surface area contributed by atoms with Crippen molar-refractivity contribution in [2.45, 2.75) is 25.8 Å². The third-order valence-corrected chi connectivity index (χ3v) is 3.72. The number of aryl methyl sites for hydroxylation is 1. The van der Waals surface area contributed by atoms with Gasteiger partial charge in [-0.25, -0.2) is 4.79 Å². The van der Waals surface area contributed by atoms with Gasteiger partial charge in [0, 0.05) is 32.6 Å². The summed E-state index contributed by atoms with van der Waals surface area (Å²) in [6.07, 6.45) is 0.358. The monoisotopic (exact) mass is 351 g/mol. The molecule has 1 heterocycles. The van der Waals surface area contributed by atoms with E-state index in [-0.39, 0.29) is 43.1 Å². The largest absolute Gasteiger partial charge is 0.481 e. The molecule has 1 aromatic heterocycles. The van der Waals surface area contributed by atoms with E-state index in [1.54, 1.807) is 0 Å². The van der Waals surface area contributed by atoms with Gasteiger partial charge < -0.3 is 14.4 Å². The first kappa shape index (κ1) is 18.2. The van der Waals surface area contributed by atoms with E-state index in [1.165, 1.54) is 34.7 Å². The first-order chi connectivity index (χ1) is 11.8. The van der Waals surface area contributed by atoms with Gasteiger partial charge in [-0.3, -0.25) is 24.3 Å². The quantitative estimate of drug-likeness (QED) is 0.557. The van der Waals surface area contributed by atoms with Crippen LogP contribution >= 0.6 is 0 Å². The number of aliphatic carboxylic acids is 1. The van der Waals surface area contributed by atoms with Gasteiger partial charge >= 0.3 is 11.7 Å². The number of hydrogen-bond donors (Lipinski definition) is 1. The maximum absolute atomic E-state index is 11.9. The number of nitro groups is 1. The smallest absolute Gasteiger partial charge is 0.419 e. The van der Waals surface area contributed by atoms with Gasteiger partial charge in [0.2, 0.25) is 5.91 Å². The lowest BCUT2D eigenvalue weighted by Crippen LogP contribution is -2.29. The van der Waals surface area contributed by atoms with E-state index in [1.807, 2.05) is 0 Å². The summed E-state index contributed by atoms with van der Waals surface area (Å²) in [6, 6.07) is 3.88. The molecule has 0 atom stereocenters. The fourth-order valence-corrected chi connectivity index (χ4v) is 2.35. The minimum atomic E-state index is -0.981. The van der Waals surface area contributed by atoms with Crippen molar-refractivity contribution < 1.29 is 24.0 Å². The zero-order valence-corrected chi connectivity index (χ0v) is 13.5. The molecular formula is C15H17N3O7. The van der Waals surface area contributed by atoms with Gasteiger partial charge in [-0.1, -0.05) is 0 Å². The molecule has 0 radical (unpaired) electrons. The molecule has 0 spiro atoms. The Labute approximate surface area is 141 Å². The van der Waals surface area contributed by atoms with Crippen LogP contribution in [-0.4, -0.2) is 45.0 Å². The molecule has 25 heavy (non-hydrogen) atoms. The van der Waals surface area contributed by atoms with Crippen LogP contribution in [-0.2, 0) is 16.1 Å². The molecule has 2 aromatic rings. The summed E-state index contributed by atoms with van der Waals surface area (Å²) in [6.45, 7) is 0.328. The van der Waals surface area contributed by atoms with Crippen molar-refractivity contribution in [1.82, 2.24) is 9.47 Å². The van der Waals surface area contributed by atoms with Crippen LogP contribution < -0.4 is 5.76 Å². The van der Waals surface area contributed by atoms with E-state index in [9.17, 15) is 24.5 Å². The third kappa shape index (κ3) is 4.43. The number of carboxylic acids is 1. The number of nitrogens with zero attached hydrogens (tertiary/aromatic N) is 3. The number of aromatic nitrogens is 1. The molecule has 0 fully saturated rings. The summed E-state index contributed by atoms with van der Waals surface area (Å²) in [4.78, 5) is 45.8. The number of oxazole rings is 1.